The fourth-order valence-corrected chi connectivity index (χ4v) is 2.62. The number of amides is 1. The molecular weight excluding hydrogens is 366 g/mol. The topological polar surface area (TPSA) is 104 Å². The first-order chi connectivity index (χ1) is 13.5. The molecule has 0 atom stereocenters. The van der Waals surface area contributed by atoms with E-state index in [1.165, 1.54) is 33.5 Å². The second-order valence-electron chi connectivity index (χ2n) is 5.70. The van der Waals surface area contributed by atoms with Crippen molar-refractivity contribution >= 4 is 28.5 Å². The first-order valence-electron chi connectivity index (χ1n) is 8.16. The van der Waals surface area contributed by atoms with Crippen molar-refractivity contribution in [3.05, 3.63) is 64.0 Å². The van der Waals surface area contributed by atoms with Gasteiger partial charge in [0.2, 0.25) is 5.76 Å². The third kappa shape index (κ3) is 3.66. The molecule has 1 heterocycles. The second kappa shape index (κ2) is 7.83. The number of fused-ring (bicyclic) bond motifs is 1. The zero-order valence-corrected chi connectivity index (χ0v) is 15.4. The molecule has 0 saturated carbocycles. The molecular formula is C20H17NO7. The van der Waals surface area contributed by atoms with Crippen LogP contribution in [0.1, 0.15) is 20.9 Å². The minimum absolute atomic E-state index is 0.192. The van der Waals surface area contributed by atoms with Crippen molar-refractivity contribution in [1.82, 2.24) is 0 Å². The van der Waals surface area contributed by atoms with Gasteiger partial charge in [-0.15, -0.1) is 0 Å². The summed E-state index contributed by atoms with van der Waals surface area (Å²) < 4.78 is 20.3. The number of hydrogen-bond donors (Lipinski definition) is 1. The third-order valence-electron chi connectivity index (χ3n) is 4.02. The van der Waals surface area contributed by atoms with Gasteiger partial charge in [-0.3, -0.25) is 9.59 Å². The lowest BCUT2D eigenvalue weighted by Gasteiger charge is -2.10. The largest absolute Gasteiger partial charge is 0.493 e. The van der Waals surface area contributed by atoms with Gasteiger partial charge in [-0.25, -0.2) is 4.79 Å². The summed E-state index contributed by atoms with van der Waals surface area (Å²) in [4.78, 5) is 36.3. The minimum atomic E-state index is -0.746. The third-order valence-corrected chi connectivity index (χ3v) is 4.02. The molecule has 0 aliphatic carbocycles. The highest BCUT2D eigenvalue weighted by molar-refractivity contribution is 6.05. The van der Waals surface area contributed by atoms with Crippen molar-refractivity contribution in [2.24, 2.45) is 0 Å². The normalized spacial score (nSPS) is 10.4. The summed E-state index contributed by atoms with van der Waals surface area (Å²) in [5.74, 6) is -0.406. The molecule has 1 aromatic heterocycles. The van der Waals surface area contributed by atoms with Crippen LogP contribution in [0.5, 0.6) is 11.5 Å². The SMILES string of the molecule is COC(=O)c1cc(=O)c2cc(NC(=O)c3ccc(OC)c(OC)c3)ccc2o1. The molecule has 0 unspecified atom stereocenters. The van der Waals surface area contributed by atoms with Gasteiger partial charge < -0.3 is 23.9 Å². The summed E-state index contributed by atoms with van der Waals surface area (Å²) in [7, 11) is 4.17. The van der Waals surface area contributed by atoms with Gasteiger partial charge in [0, 0.05) is 17.3 Å². The lowest BCUT2D eigenvalue weighted by atomic mass is 10.1. The molecule has 8 nitrogen and oxygen atoms in total. The molecule has 2 aromatic carbocycles. The number of ether oxygens (including phenoxy) is 3. The molecule has 8 heteroatoms. The zero-order chi connectivity index (χ0) is 20.3. The van der Waals surface area contributed by atoms with Gasteiger partial charge in [0.05, 0.1) is 26.7 Å². The minimum Gasteiger partial charge on any atom is -0.493 e. The molecule has 0 spiro atoms. The number of anilines is 1. The van der Waals surface area contributed by atoms with Crippen LogP contribution in [0.2, 0.25) is 0 Å². The molecule has 0 radical (unpaired) electrons. The molecule has 3 aromatic rings. The van der Waals surface area contributed by atoms with Gasteiger partial charge >= 0.3 is 5.97 Å². The maximum Gasteiger partial charge on any atom is 0.374 e. The number of methoxy groups -OCH3 is 3. The highest BCUT2D eigenvalue weighted by Crippen LogP contribution is 2.28. The van der Waals surface area contributed by atoms with E-state index in [0.29, 0.717) is 22.7 Å². The van der Waals surface area contributed by atoms with Gasteiger partial charge in [0.15, 0.2) is 16.9 Å². The zero-order valence-electron chi connectivity index (χ0n) is 15.4. The molecule has 0 bridgehead atoms. The van der Waals surface area contributed by atoms with Crippen molar-refractivity contribution in [1.29, 1.82) is 0 Å². The average Bonchev–Trinajstić information content (AvgIpc) is 2.72. The smallest absolute Gasteiger partial charge is 0.374 e. The van der Waals surface area contributed by atoms with Crippen LogP contribution in [0.3, 0.4) is 0 Å². The highest BCUT2D eigenvalue weighted by atomic mass is 16.5. The summed E-state index contributed by atoms with van der Waals surface area (Å²) in [5, 5.41) is 2.93. The van der Waals surface area contributed by atoms with E-state index >= 15 is 0 Å². The summed E-state index contributed by atoms with van der Waals surface area (Å²) >= 11 is 0. The van der Waals surface area contributed by atoms with Crippen molar-refractivity contribution in [3.8, 4) is 11.5 Å². The maximum atomic E-state index is 12.5. The van der Waals surface area contributed by atoms with Gasteiger partial charge in [0.1, 0.15) is 5.58 Å². The predicted molar refractivity (Wildman–Crippen MR) is 101 cm³/mol. The van der Waals surface area contributed by atoms with E-state index in [4.69, 9.17) is 13.9 Å². The molecule has 1 N–H and O–H groups in total. The Bertz CT molecular complexity index is 1120. The van der Waals surface area contributed by atoms with Gasteiger partial charge in [-0.1, -0.05) is 0 Å². The number of benzene rings is 2. The number of hydrogen-bond acceptors (Lipinski definition) is 7. The first-order valence-corrected chi connectivity index (χ1v) is 8.16. The lowest BCUT2D eigenvalue weighted by molar-refractivity contribution is 0.0565. The van der Waals surface area contributed by atoms with Crippen LogP contribution in [-0.4, -0.2) is 33.2 Å². The van der Waals surface area contributed by atoms with E-state index in [1.54, 1.807) is 24.3 Å². The van der Waals surface area contributed by atoms with Crippen LogP contribution in [0.4, 0.5) is 5.69 Å². The predicted octanol–water partition coefficient (Wildman–Crippen LogP) is 2.85. The summed E-state index contributed by atoms with van der Waals surface area (Å²) in [5.41, 5.74) is 0.525. The van der Waals surface area contributed by atoms with Gasteiger partial charge in [0.25, 0.3) is 5.91 Å². The first kappa shape index (κ1) is 19.0. The van der Waals surface area contributed by atoms with E-state index in [-0.39, 0.29) is 16.7 Å². The van der Waals surface area contributed by atoms with E-state index in [9.17, 15) is 14.4 Å². The van der Waals surface area contributed by atoms with Crippen LogP contribution >= 0.6 is 0 Å². The van der Waals surface area contributed by atoms with E-state index in [1.807, 2.05) is 0 Å². The number of rotatable bonds is 5. The van der Waals surface area contributed by atoms with Gasteiger partial charge in [-0.05, 0) is 36.4 Å². The van der Waals surface area contributed by atoms with E-state index < -0.39 is 17.3 Å². The fraction of sp³-hybridized carbons (Fsp3) is 0.150. The molecule has 0 aliphatic heterocycles. The van der Waals surface area contributed by atoms with E-state index in [0.717, 1.165) is 6.07 Å². The molecule has 144 valence electrons. The van der Waals surface area contributed by atoms with Crippen molar-refractivity contribution < 1.29 is 28.2 Å². The molecule has 28 heavy (non-hydrogen) atoms. The highest BCUT2D eigenvalue weighted by Gasteiger charge is 2.14. The Kier molecular flexibility index (Phi) is 5.30. The Morgan fingerprint density at radius 1 is 0.929 bits per heavy atom. The Morgan fingerprint density at radius 2 is 1.68 bits per heavy atom. The summed E-state index contributed by atoms with van der Waals surface area (Å²) in [6.07, 6.45) is 0. The molecule has 1 amide bonds. The van der Waals surface area contributed by atoms with Crippen LogP contribution in [0.25, 0.3) is 11.0 Å². The van der Waals surface area contributed by atoms with E-state index in [2.05, 4.69) is 10.1 Å². The van der Waals surface area contributed by atoms with Crippen molar-refractivity contribution in [2.45, 2.75) is 0 Å². The monoisotopic (exact) mass is 383 g/mol. The number of nitrogens with one attached hydrogen (secondary N) is 1. The van der Waals surface area contributed by atoms with Crippen molar-refractivity contribution in [2.75, 3.05) is 26.6 Å². The number of esters is 1. The molecule has 0 fully saturated rings. The summed E-state index contributed by atoms with van der Waals surface area (Å²) in [6.45, 7) is 0. The standard InChI is InChI=1S/C20H17NO7/c1-25-16-6-4-11(8-17(16)26-2)19(23)21-12-5-7-15-13(9-12)14(22)10-18(28-15)20(24)27-3/h4-10H,1-3H3,(H,21,23). The Hall–Kier alpha value is -3.81. The molecule has 3 rings (SSSR count). The maximum absolute atomic E-state index is 12.5. The Balaban J connectivity index is 1.90. The van der Waals surface area contributed by atoms with Crippen LogP contribution in [0, 0.1) is 0 Å². The van der Waals surface area contributed by atoms with Crippen molar-refractivity contribution in [3.63, 3.8) is 0 Å². The molecule has 0 aliphatic rings. The Morgan fingerprint density at radius 3 is 2.36 bits per heavy atom. The van der Waals surface area contributed by atoms with Gasteiger partial charge in [-0.2, -0.15) is 0 Å². The molecule has 0 saturated heterocycles. The average molecular weight is 383 g/mol. The van der Waals surface area contributed by atoms with Crippen LogP contribution < -0.4 is 20.2 Å². The second-order valence-corrected chi connectivity index (χ2v) is 5.70. The number of carbonyl (C=O) groups is 2. The summed E-state index contributed by atoms with van der Waals surface area (Å²) in [6, 6.07) is 10.3. The Labute approximate surface area is 159 Å². The fourth-order valence-electron chi connectivity index (χ4n) is 2.62. The number of carbonyl (C=O) groups excluding carboxylic acids is 2. The van der Waals surface area contributed by atoms with Crippen LogP contribution in [-0.2, 0) is 4.74 Å². The lowest BCUT2D eigenvalue weighted by Crippen LogP contribution is -2.13. The quantitative estimate of drug-likeness (QED) is 0.676. The van der Waals surface area contributed by atoms with Crippen LogP contribution in [0.15, 0.2) is 51.7 Å².